The molecule has 1 aliphatic heterocycles. The first-order valence-corrected chi connectivity index (χ1v) is 11.1. The highest BCUT2D eigenvalue weighted by Crippen LogP contribution is 2.16. The summed E-state index contributed by atoms with van der Waals surface area (Å²) in [4.78, 5) is 7.21. The number of guanidine groups is 1. The number of rotatable bonds is 13. The Morgan fingerprint density at radius 1 is 1.06 bits per heavy atom. The minimum Gasteiger partial charge on any atom is -0.493 e. The Morgan fingerprint density at radius 2 is 1.77 bits per heavy atom. The van der Waals surface area contributed by atoms with Crippen LogP contribution in [0, 0.1) is 0 Å². The maximum absolute atomic E-state index is 5.97. The molecule has 0 spiro atoms. The predicted molar refractivity (Wildman–Crippen MR) is 136 cm³/mol. The zero-order valence-corrected chi connectivity index (χ0v) is 21.6. The van der Waals surface area contributed by atoms with Crippen LogP contribution in [0.15, 0.2) is 29.3 Å². The van der Waals surface area contributed by atoms with Gasteiger partial charge in [-0.3, -0.25) is 0 Å². The molecule has 1 aliphatic rings. The molecule has 1 saturated heterocycles. The normalized spacial score (nSPS) is 14.9. The summed E-state index contributed by atoms with van der Waals surface area (Å²) in [6, 6.07) is 8.17. The van der Waals surface area contributed by atoms with Crippen LogP contribution in [0.3, 0.4) is 0 Å². The predicted octanol–water partition coefficient (Wildman–Crippen LogP) is 3.70. The van der Waals surface area contributed by atoms with Crippen LogP contribution in [-0.4, -0.2) is 77.2 Å². The molecule has 1 N–H and O–H groups in total. The molecule has 0 amide bonds. The minimum atomic E-state index is 0. The van der Waals surface area contributed by atoms with Gasteiger partial charge in [0.05, 0.1) is 19.3 Å². The van der Waals surface area contributed by atoms with Crippen molar-refractivity contribution in [1.82, 2.24) is 10.2 Å². The molecular formula is C23H40IN3O4. The summed E-state index contributed by atoms with van der Waals surface area (Å²) in [5.41, 5.74) is 1.14. The van der Waals surface area contributed by atoms with Crippen LogP contribution in [0.1, 0.15) is 38.2 Å². The maximum Gasteiger partial charge on any atom is 0.194 e. The van der Waals surface area contributed by atoms with E-state index in [9.17, 15) is 0 Å². The van der Waals surface area contributed by atoms with Gasteiger partial charge < -0.3 is 29.2 Å². The van der Waals surface area contributed by atoms with Gasteiger partial charge >= 0.3 is 0 Å². The topological polar surface area (TPSA) is 64.6 Å². The SMILES string of the molecule is CCNC(=NCc1cccc(OCCCOC)c1)N1CCC(OCCCOC)CC1.I. The smallest absolute Gasteiger partial charge is 0.194 e. The molecule has 1 aromatic carbocycles. The molecule has 1 fully saturated rings. The molecule has 1 aromatic rings. The van der Waals surface area contributed by atoms with Crippen molar-refractivity contribution in [3.63, 3.8) is 0 Å². The molecule has 0 radical (unpaired) electrons. The first-order valence-electron chi connectivity index (χ1n) is 11.1. The van der Waals surface area contributed by atoms with Gasteiger partial charge in [0.2, 0.25) is 0 Å². The van der Waals surface area contributed by atoms with Crippen LogP contribution in [0.25, 0.3) is 0 Å². The van der Waals surface area contributed by atoms with E-state index in [1.165, 1.54) is 0 Å². The third kappa shape index (κ3) is 11.4. The molecule has 0 aromatic heterocycles. The molecule has 7 nitrogen and oxygen atoms in total. The van der Waals surface area contributed by atoms with Gasteiger partial charge in [0.1, 0.15) is 5.75 Å². The lowest BCUT2D eigenvalue weighted by Crippen LogP contribution is -2.47. The second-order valence-corrected chi connectivity index (χ2v) is 7.42. The first kappa shape index (κ1) is 27.9. The monoisotopic (exact) mass is 549 g/mol. The van der Waals surface area contributed by atoms with Crippen LogP contribution < -0.4 is 10.1 Å². The van der Waals surface area contributed by atoms with Crippen molar-refractivity contribution < 1.29 is 18.9 Å². The third-order valence-corrected chi connectivity index (χ3v) is 4.99. The molecule has 0 unspecified atom stereocenters. The lowest BCUT2D eigenvalue weighted by molar-refractivity contribution is 0.00990. The summed E-state index contributed by atoms with van der Waals surface area (Å²) >= 11 is 0. The molecule has 31 heavy (non-hydrogen) atoms. The number of hydrogen-bond donors (Lipinski definition) is 1. The van der Waals surface area contributed by atoms with Gasteiger partial charge in [-0.1, -0.05) is 12.1 Å². The third-order valence-electron chi connectivity index (χ3n) is 4.99. The second kappa shape index (κ2) is 17.5. The van der Waals surface area contributed by atoms with Crippen molar-refractivity contribution in [2.45, 2.75) is 45.3 Å². The van der Waals surface area contributed by atoms with Crippen molar-refractivity contribution in [1.29, 1.82) is 0 Å². The number of halogens is 1. The largest absolute Gasteiger partial charge is 0.493 e. The Hall–Kier alpha value is -1.10. The molecule has 0 bridgehead atoms. The zero-order chi connectivity index (χ0) is 21.4. The van der Waals surface area contributed by atoms with Gasteiger partial charge in [0, 0.05) is 60.1 Å². The molecule has 0 atom stereocenters. The zero-order valence-electron chi connectivity index (χ0n) is 19.3. The van der Waals surface area contributed by atoms with E-state index in [4.69, 9.17) is 23.9 Å². The van der Waals surface area contributed by atoms with E-state index >= 15 is 0 Å². The van der Waals surface area contributed by atoms with Crippen molar-refractivity contribution in [3.05, 3.63) is 29.8 Å². The summed E-state index contributed by atoms with van der Waals surface area (Å²) in [7, 11) is 3.44. The fraction of sp³-hybridized carbons (Fsp3) is 0.696. The van der Waals surface area contributed by atoms with E-state index in [-0.39, 0.29) is 24.0 Å². The first-order chi connectivity index (χ1) is 14.8. The van der Waals surface area contributed by atoms with E-state index < -0.39 is 0 Å². The number of aliphatic imine (C=N–C) groups is 1. The number of ether oxygens (including phenoxy) is 4. The van der Waals surface area contributed by atoms with Crippen molar-refractivity contribution >= 4 is 29.9 Å². The second-order valence-electron chi connectivity index (χ2n) is 7.42. The average molecular weight is 549 g/mol. The van der Waals surface area contributed by atoms with Gasteiger partial charge in [0.25, 0.3) is 0 Å². The molecule has 8 heteroatoms. The summed E-state index contributed by atoms with van der Waals surface area (Å²) in [6.45, 7) is 8.42. The number of benzene rings is 1. The van der Waals surface area contributed by atoms with Crippen LogP contribution in [0.2, 0.25) is 0 Å². The van der Waals surface area contributed by atoms with Gasteiger partial charge in [-0.15, -0.1) is 24.0 Å². The van der Waals surface area contributed by atoms with Crippen LogP contribution in [-0.2, 0) is 20.8 Å². The number of likely N-dealkylation sites (tertiary alicyclic amines) is 1. The van der Waals surface area contributed by atoms with E-state index in [1.54, 1.807) is 14.2 Å². The van der Waals surface area contributed by atoms with Crippen molar-refractivity contribution in [2.75, 3.05) is 60.3 Å². The highest BCUT2D eigenvalue weighted by atomic mass is 127. The molecule has 1 heterocycles. The van der Waals surface area contributed by atoms with Gasteiger partial charge in [-0.2, -0.15) is 0 Å². The quantitative estimate of drug-likeness (QED) is 0.175. The standard InChI is InChI=1S/C23H39N3O4.HI/c1-4-24-23(26-12-10-21(11-13-26)29-16-6-14-27-2)25-19-20-8-5-9-22(18-20)30-17-7-15-28-3;/h5,8-9,18,21H,4,6-7,10-17,19H2,1-3H3,(H,24,25);1H. The Morgan fingerprint density at radius 3 is 2.45 bits per heavy atom. The molecule has 2 rings (SSSR count). The minimum absolute atomic E-state index is 0. The number of methoxy groups -OCH3 is 2. The van der Waals surface area contributed by atoms with Gasteiger partial charge in [0.15, 0.2) is 5.96 Å². The molecule has 178 valence electrons. The molecular weight excluding hydrogens is 509 g/mol. The van der Waals surface area contributed by atoms with Gasteiger partial charge in [-0.05, 0) is 43.9 Å². The Labute approximate surface area is 204 Å². The number of nitrogens with one attached hydrogen (secondary N) is 1. The lowest BCUT2D eigenvalue weighted by Gasteiger charge is -2.34. The number of hydrogen-bond acceptors (Lipinski definition) is 5. The Balaban J connectivity index is 0.00000480. The lowest BCUT2D eigenvalue weighted by atomic mass is 10.1. The van der Waals surface area contributed by atoms with Crippen molar-refractivity contribution in [3.8, 4) is 5.75 Å². The van der Waals surface area contributed by atoms with Crippen LogP contribution >= 0.6 is 24.0 Å². The summed E-state index contributed by atoms with van der Waals surface area (Å²) in [6.07, 6.45) is 4.24. The summed E-state index contributed by atoms with van der Waals surface area (Å²) in [5, 5.41) is 3.43. The van der Waals surface area contributed by atoms with E-state index in [0.29, 0.717) is 25.9 Å². The fourth-order valence-corrected chi connectivity index (χ4v) is 3.41. The van der Waals surface area contributed by atoms with Gasteiger partial charge in [-0.25, -0.2) is 4.99 Å². The molecule has 0 saturated carbocycles. The number of nitrogens with zero attached hydrogens (tertiary/aromatic N) is 2. The Kier molecular flexibility index (Phi) is 15.7. The average Bonchev–Trinajstić information content (AvgIpc) is 2.78. The summed E-state index contributed by atoms with van der Waals surface area (Å²) in [5.74, 6) is 1.86. The maximum atomic E-state index is 5.97. The fourth-order valence-electron chi connectivity index (χ4n) is 3.41. The number of piperidine rings is 1. The van der Waals surface area contributed by atoms with E-state index in [0.717, 1.165) is 75.8 Å². The van der Waals surface area contributed by atoms with Crippen molar-refractivity contribution in [2.24, 2.45) is 4.99 Å². The Bertz CT molecular complexity index is 610. The van der Waals surface area contributed by atoms with Crippen LogP contribution in [0.5, 0.6) is 5.75 Å². The van der Waals surface area contributed by atoms with E-state index in [1.807, 2.05) is 12.1 Å². The van der Waals surface area contributed by atoms with E-state index in [2.05, 4.69) is 29.3 Å². The highest BCUT2D eigenvalue weighted by molar-refractivity contribution is 14.0. The highest BCUT2D eigenvalue weighted by Gasteiger charge is 2.21. The van der Waals surface area contributed by atoms with Crippen LogP contribution in [0.4, 0.5) is 0 Å². The molecule has 0 aliphatic carbocycles. The summed E-state index contributed by atoms with van der Waals surface area (Å²) < 4.78 is 21.9.